The minimum atomic E-state index is -1.64. The van der Waals surface area contributed by atoms with Crippen LogP contribution < -0.4 is 0 Å². The number of nitrogens with zero attached hydrogens (tertiary/aromatic N) is 1. The molecule has 5 aromatic rings. The topological polar surface area (TPSA) is 149 Å². The van der Waals surface area contributed by atoms with Crippen molar-refractivity contribution in [3.63, 3.8) is 0 Å². The molecule has 10 heteroatoms. The number of aromatic carboxylic acids is 2. The number of hydrogen-bond acceptors (Lipinski definition) is 6. The molecule has 0 spiro atoms. The van der Waals surface area contributed by atoms with Crippen LogP contribution in [0.4, 0.5) is 0 Å². The molecule has 0 fully saturated rings. The first kappa shape index (κ1) is 30.3. The highest BCUT2D eigenvalue weighted by Crippen LogP contribution is 2.49. The minimum Gasteiger partial charge on any atom is -0.480 e. The summed E-state index contributed by atoms with van der Waals surface area (Å²) in [5, 5.41) is 29.7. The Morgan fingerprint density at radius 2 is 0.978 bits per heavy atom. The molecule has 5 aromatic carbocycles. The van der Waals surface area contributed by atoms with Gasteiger partial charge in [0.05, 0.1) is 15.9 Å². The van der Waals surface area contributed by atoms with E-state index in [2.05, 4.69) is 0 Å². The molecule has 3 N–H and O–H groups in total. The number of carboxylic acid groups (broad SMARTS) is 3. The van der Waals surface area contributed by atoms with E-state index in [9.17, 15) is 39.3 Å². The van der Waals surface area contributed by atoms with Crippen molar-refractivity contribution in [3.05, 3.63) is 154 Å². The van der Waals surface area contributed by atoms with Crippen molar-refractivity contribution >= 4 is 52.3 Å². The Morgan fingerprint density at radius 1 is 0.587 bits per heavy atom. The number of amides is 2. The van der Waals surface area contributed by atoms with Gasteiger partial charge >= 0.3 is 17.9 Å². The lowest BCUT2D eigenvalue weighted by Crippen LogP contribution is -2.52. The molecular formula is C36H25NO8S. The first-order valence-electron chi connectivity index (χ1n) is 14.1. The first-order valence-corrected chi connectivity index (χ1v) is 15.1. The van der Waals surface area contributed by atoms with Gasteiger partial charge in [-0.25, -0.2) is 14.4 Å². The van der Waals surface area contributed by atoms with Gasteiger partial charge in [-0.05, 0) is 41.0 Å². The highest BCUT2D eigenvalue weighted by molar-refractivity contribution is 8.00. The van der Waals surface area contributed by atoms with Gasteiger partial charge in [-0.1, -0.05) is 91.0 Å². The van der Waals surface area contributed by atoms with Crippen LogP contribution in [0, 0.1) is 0 Å². The zero-order valence-electron chi connectivity index (χ0n) is 24.0. The van der Waals surface area contributed by atoms with Crippen LogP contribution in [0.3, 0.4) is 0 Å². The summed E-state index contributed by atoms with van der Waals surface area (Å²) in [4.78, 5) is 65.7. The number of carbonyl (C=O) groups is 5. The van der Waals surface area contributed by atoms with E-state index >= 15 is 0 Å². The molecular weight excluding hydrogens is 606 g/mol. The second kappa shape index (κ2) is 12.0. The lowest BCUT2D eigenvalue weighted by Gasteiger charge is -2.38. The highest BCUT2D eigenvalue weighted by atomic mass is 32.2. The number of carbonyl (C=O) groups excluding carboxylic acids is 2. The third-order valence-electron chi connectivity index (χ3n) is 8.12. The maximum Gasteiger partial charge on any atom is 0.336 e. The van der Waals surface area contributed by atoms with Crippen molar-refractivity contribution in [2.75, 3.05) is 5.75 Å². The van der Waals surface area contributed by atoms with E-state index in [1.54, 1.807) is 0 Å². The zero-order valence-corrected chi connectivity index (χ0v) is 24.8. The number of hydrogen-bond donors (Lipinski definition) is 3. The Balaban J connectivity index is 1.49. The van der Waals surface area contributed by atoms with E-state index in [0.29, 0.717) is 4.90 Å². The number of benzene rings is 5. The van der Waals surface area contributed by atoms with Gasteiger partial charge in [-0.2, -0.15) is 0 Å². The van der Waals surface area contributed by atoms with E-state index in [1.165, 1.54) is 23.9 Å². The monoisotopic (exact) mass is 631 g/mol. The number of rotatable bonds is 10. The Hall–Kier alpha value is -5.74. The molecule has 9 nitrogen and oxygen atoms in total. The van der Waals surface area contributed by atoms with Crippen LogP contribution in [0.5, 0.6) is 0 Å². The Bertz CT molecular complexity index is 1860. The average molecular weight is 632 g/mol. The molecule has 0 saturated carbocycles. The molecule has 1 atom stereocenters. The smallest absolute Gasteiger partial charge is 0.336 e. The number of carboxylic acids is 3. The fourth-order valence-corrected chi connectivity index (χ4v) is 7.68. The maximum atomic E-state index is 14.0. The lowest BCUT2D eigenvalue weighted by atomic mass is 9.84. The fourth-order valence-electron chi connectivity index (χ4n) is 6.07. The Kier molecular flexibility index (Phi) is 7.89. The van der Waals surface area contributed by atoms with E-state index in [0.717, 1.165) is 28.8 Å². The fraction of sp³-hybridized carbons (Fsp3) is 0.0833. The van der Waals surface area contributed by atoms with Gasteiger partial charge in [-0.15, -0.1) is 11.8 Å². The molecule has 2 amide bonds. The van der Waals surface area contributed by atoms with E-state index in [1.807, 2.05) is 91.0 Å². The highest BCUT2D eigenvalue weighted by Gasteiger charge is 2.45. The largest absolute Gasteiger partial charge is 0.480 e. The first-order chi connectivity index (χ1) is 22.2. The minimum absolute atomic E-state index is 0.130. The van der Waals surface area contributed by atoms with Gasteiger partial charge in [0, 0.05) is 27.7 Å². The molecule has 0 radical (unpaired) electrons. The molecule has 1 aliphatic rings. The van der Waals surface area contributed by atoms with Crippen molar-refractivity contribution in [1.29, 1.82) is 0 Å². The third kappa shape index (κ3) is 4.89. The van der Waals surface area contributed by atoms with E-state index in [4.69, 9.17) is 0 Å². The van der Waals surface area contributed by atoms with Crippen LogP contribution in [-0.4, -0.2) is 61.7 Å². The number of aliphatic carboxylic acids is 1. The number of imide groups is 1. The maximum absolute atomic E-state index is 14.0. The van der Waals surface area contributed by atoms with Gasteiger partial charge in [-0.3, -0.25) is 14.5 Å². The summed E-state index contributed by atoms with van der Waals surface area (Å²) in [6.45, 7) is 0. The summed E-state index contributed by atoms with van der Waals surface area (Å²) >= 11 is 1.27. The summed E-state index contributed by atoms with van der Waals surface area (Å²) in [6.07, 6.45) is 0. The molecule has 1 aliphatic heterocycles. The molecule has 0 aliphatic carbocycles. The predicted molar refractivity (Wildman–Crippen MR) is 171 cm³/mol. The van der Waals surface area contributed by atoms with Crippen LogP contribution in [0.25, 0.3) is 10.8 Å². The van der Waals surface area contributed by atoms with Crippen LogP contribution in [0.1, 0.15) is 58.1 Å². The van der Waals surface area contributed by atoms with Crippen molar-refractivity contribution in [2.24, 2.45) is 0 Å². The SMILES string of the molecule is O=C(O)c1ccc2c3c(ccc(C(=O)O)c13)C(=O)N([C@@H](CSC(c1ccccc1)(c1ccccc1)c1ccccc1)C(=O)O)C2=O. The molecule has 1 heterocycles. The molecule has 0 saturated heterocycles. The molecule has 46 heavy (non-hydrogen) atoms. The quantitative estimate of drug-likeness (QED) is 0.124. The van der Waals surface area contributed by atoms with Crippen molar-refractivity contribution in [3.8, 4) is 0 Å². The van der Waals surface area contributed by atoms with E-state index < -0.39 is 51.6 Å². The molecule has 0 unspecified atom stereocenters. The van der Waals surface area contributed by atoms with Gasteiger partial charge in [0.2, 0.25) is 0 Å². The molecule has 228 valence electrons. The van der Waals surface area contributed by atoms with Gasteiger partial charge in [0.15, 0.2) is 0 Å². The third-order valence-corrected chi connectivity index (χ3v) is 9.74. The van der Waals surface area contributed by atoms with Gasteiger partial charge < -0.3 is 15.3 Å². The molecule has 0 aromatic heterocycles. The van der Waals surface area contributed by atoms with Crippen LogP contribution in [0.15, 0.2) is 115 Å². The number of thioether (sulfide) groups is 1. The molecule has 0 bridgehead atoms. The Morgan fingerprint density at radius 3 is 1.33 bits per heavy atom. The van der Waals surface area contributed by atoms with Crippen LogP contribution >= 0.6 is 11.8 Å². The Labute approximate surface area is 266 Å². The van der Waals surface area contributed by atoms with E-state index in [-0.39, 0.29) is 27.7 Å². The predicted octanol–water partition coefficient (Wildman–Crippen LogP) is 6.01. The second-order valence-corrected chi connectivity index (χ2v) is 11.8. The normalized spacial score (nSPS) is 13.4. The summed E-state index contributed by atoms with van der Waals surface area (Å²) in [5.74, 6) is -6.43. The second-order valence-electron chi connectivity index (χ2n) is 10.6. The average Bonchev–Trinajstić information content (AvgIpc) is 3.07. The van der Waals surface area contributed by atoms with Crippen molar-refractivity contribution < 1.29 is 39.3 Å². The zero-order chi connectivity index (χ0) is 32.6. The van der Waals surface area contributed by atoms with Crippen LogP contribution in [-0.2, 0) is 9.54 Å². The summed E-state index contributed by atoms with van der Waals surface area (Å²) in [6, 6.07) is 31.5. The summed E-state index contributed by atoms with van der Waals surface area (Å²) in [5.41, 5.74) is 1.47. The van der Waals surface area contributed by atoms with Crippen molar-refractivity contribution in [1.82, 2.24) is 4.90 Å². The lowest BCUT2D eigenvalue weighted by molar-refractivity contribution is -0.140. The summed E-state index contributed by atoms with van der Waals surface area (Å²) in [7, 11) is 0. The summed E-state index contributed by atoms with van der Waals surface area (Å²) < 4.78 is -0.940. The van der Waals surface area contributed by atoms with Gasteiger partial charge in [0.25, 0.3) is 11.8 Å². The van der Waals surface area contributed by atoms with Gasteiger partial charge in [0.1, 0.15) is 6.04 Å². The standard InChI is InChI=1S/C36H25NO8S/c38-31-24-16-18-26(33(40)41)30-27(34(42)43)19-17-25(29(24)30)32(39)37(31)28(35(44)45)20-46-36(21-10-4-1-5-11-21,22-12-6-2-7-13-22)23-14-8-3-9-15-23/h1-19,28H,20H2,(H,40,41)(H,42,43)(H,44,45)/t28-/m0/s1. The van der Waals surface area contributed by atoms with Crippen molar-refractivity contribution in [2.45, 2.75) is 10.8 Å². The van der Waals surface area contributed by atoms with Crippen LogP contribution in [0.2, 0.25) is 0 Å². The molecule has 6 rings (SSSR count).